The van der Waals surface area contributed by atoms with Gasteiger partial charge >= 0.3 is 0 Å². The fourth-order valence-corrected chi connectivity index (χ4v) is 2.23. The largest absolute Gasteiger partial charge is 0.301 e. The molecule has 0 bridgehead atoms. The molecule has 6 nitrogen and oxygen atoms in total. The van der Waals surface area contributed by atoms with Crippen LogP contribution in [0.15, 0.2) is 47.4 Å². The van der Waals surface area contributed by atoms with Crippen molar-refractivity contribution in [3.05, 3.63) is 74.2 Å². The van der Waals surface area contributed by atoms with Gasteiger partial charge in [-0.15, -0.1) is 0 Å². The number of pyridine rings is 1. The van der Waals surface area contributed by atoms with Gasteiger partial charge < -0.3 is 4.57 Å². The minimum atomic E-state index is -0.596. The highest BCUT2D eigenvalue weighted by molar-refractivity contribution is 5.95. The maximum absolute atomic E-state index is 12.3. The van der Waals surface area contributed by atoms with Gasteiger partial charge in [0.1, 0.15) is 0 Å². The van der Waals surface area contributed by atoms with Crippen LogP contribution in [-0.2, 0) is 6.54 Å². The molecule has 0 aliphatic rings. The van der Waals surface area contributed by atoms with E-state index in [4.69, 9.17) is 0 Å². The van der Waals surface area contributed by atoms with E-state index in [0.717, 1.165) is 34.9 Å². The number of hydrogen-bond donors (Lipinski definition) is 0. The van der Waals surface area contributed by atoms with Crippen molar-refractivity contribution in [3.63, 3.8) is 0 Å². The van der Waals surface area contributed by atoms with E-state index in [-0.39, 0.29) is 18.0 Å². The van der Waals surface area contributed by atoms with Gasteiger partial charge in [0.15, 0.2) is 5.78 Å². The van der Waals surface area contributed by atoms with Gasteiger partial charge in [-0.25, -0.2) is 0 Å². The van der Waals surface area contributed by atoms with Gasteiger partial charge in [-0.3, -0.25) is 19.7 Å². The van der Waals surface area contributed by atoms with Crippen LogP contribution in [-0.4, -0.2) is 15.3 Å². The van der Waals surface area contributed by atoms with E-state index < -0.39 is 10.5 Å². The van der Waals surface area contributed by atoms with Crippen molar-refractivity contribution in [1.29, 1.82) is 0 Å². The Kier molecular flexibility index (Phi) is 5.05. The van der Waals surface area contributed by atoms with Crippen LogP contribution >= 0.6 is 0 Å². The topological polar surface area (TPSA) is 82.2 Å². The third-order valence-electron chi connectivity index (χ3n) is 3.91. The lowest BCUT2D eigenvalue weighted by molar-refractivity contribution is -0.385. The molecule has 0 fully saturated rings. The summed E-state index contributed by atoms with van der Waals surface area (Å²) < 4.78 is 1.06. The normalized spacial score (nSPS) is 11.9. The molecule has 23 heavy (non-hydrogen) atoms. The summed E-state index contributed by atoms with van der Waals surface area (Å²) in [6.45, 7) is 3.99. The van der Waals surface area contributed by atoms with Gasteiger partial charge in [0.25, 0.3) is 11.2 Å². The molecule has 0 spiro atoms. The molecule has 1 aromatic heterocycles. The van der Waals surface area contributed by atoms with Crippen LogP contribution in [0.3, 0.4) is 0 Å². The molecule has 2 aromatic rings. The van der Waals surface area contributed by atoms with E-state index in [2.05, 4.69) is 13.8 Å². The number of carbonyl (C=O) groups is 1. The van der Waals surface area contributed by atoms with E-state index in [9.17, 15) is 19.7 Å². The van der Waals surface area contributed by atoms with Crippen molar-refractivity contribution in [2.24, 2.45) is 0 Å². The lowest BCUT2D eigenvalue weighted by Crippen LogP contribution is -2.23. The van der Waals surface area contributed by atoms with Crippen molar-refractivity contribution in [2.75, 3.05) is 0 Å². The van der Waals surface area contributed by atoms with Crippen molar-refractivity contribution in [2.45, 2.75) is 32.7 Å². The number of carbonyl (C=O) groups excluding carboxylic acids is 1. The Bertz CT molecular complexity index is 778. The number of ketones is 1. The monoisotopic (exact) mass is 314 g/mol. The fraction of sp³-hybridized carbons (Fsp3) is 0.294. The first-order chi connectivity index (χ1) is 10.9. The molecule has 6 heteroatoms. The number of benzene rings is 1. The van der Waals surface area contributed by atoms with Crippen molar-refractivity contribution in [3.8, 4) is 0 Å². The van der Waals surface area contributed by atoms with E-state index in [0.29, 0.717) is 11.5 Å². The SMILES string of the molecule is CCC(C)c1ccc(C(=O)Cn2cc([N+](=O)[O-])ccc2=O)cc1. The lowest BCUT2D eigenvalue weighted by atomic mass is 9.97. The van der Waals surface area contributed by atoms with Crippen LogP contribution in [0.5, 0.6) is 0 Å². The van der Waals surface area contributed by atoms with Gasteiger partial charge in [0, 0.05) is 17.7 Å². The van der Waals surface area contributed by atoms with Crippen LogP contribution < -0.4 is 5.56 Å². The molecule has 0 N–H and O–H groups in total. The number of nitrogens with zero attached hydrogens (tertiary/aromatic N) is 2. The molecule has 2 rings (SSSR count). The number of aromatic nitrogens is 1. The summed E-state index contributed by atoms with van der Waals surface area (Å²) in [5.74, 6) is 0.154. The van der Waals surface area contributed by atoms with Gasteiger partial charge in [0.2, 0.25) is 0 Å². The minimum Gasteiger partial charge on any atom is -0.301 e. The zero-order chi connectivity index (χ0) is 17.0. The predicted molar refractivity (Wildman–Crippen MR) is 86.8 cm³/mol. The second-order valence-electron chi connectivity index (χ2n) is 5.47. The van der Waals surface area contributed by atoms with Gasteiger partial charge in [-0.05, 0) is 17.9 Å². The van der Waals surface area contributed by atoms with Crippen molar-refractivity contribution < 1.29 is 9.72 Å². The highest BCUT2D eigenvalue weighted by Gasteiger charge is 2.12. The highest BCUT2D eigenvalue weighted by Crippen LogP contribution is 2.19. The number of hydrogen-bond acceptors (Lipinski definition) is 4. The fourth-order valence-electron chi connectivity index (χ4n) is 2.23. The Labute approximate surface area is 133 Å². The van der Waals surface area contributed by atoms with Crippen LogP contribution in [0.1, 0.15) is 42.1 Å². The third kappa shape index (κ3) is 3.91. The number of nitro groups is 1. The number of rotatable bonds is 6. The molecule has 0 radical (unpaired) electrons. The summed E-state index contributed by atoms with van der Waals surface area (Å²) in [5.41, 5.74) is 0.969. The van der Waals surface area contributed by atoms with E-state index in [1.165, 1.54) is 0 Å². The Morgan fingerprint density at radius 2 is 1.87 bits per heavy atom. The highest BCUT2D eigenvalue weighted by atomic mass is 16.6. The van der Waals surface area contributed by atoms with Crippen LogP contribution in [0.25, 0.3) is 0 Å². The second kappa shape index (κ2) is 7.00. The summed E-state index contributed by atoms with van der Waals surface area (Å²) in [4.78, 5) is 34.2. The molecule has 1 unspecified atom stereocenters. The standard InChI is InChI=1S/C17H18N2O4/c1-3-12(2)13-4-6-14(7-5-13)16(20)11-18-10-15(19(22)23)8-9-17(18)21/h4-10,12H,3,11H2,1-2H3. The first kappa shape index (κ1) is 16.6. The minimum absolute atomic E-state index is 0.218. The summed E-state index contributed by atoms with van der Waals surface area (Å²) >= 11 is 0. The molecule has 0 aliphatic carbocycles. The molecule has 0 amide bonds. The lowest BCUT2D eigenvalue weighted by Gasteiger charge is -2.10. The average Bonchev–Trinajstić information content (AvgIpc) is 2.56. The number of Topliss-reactive ketones (excluding diaryl/α,β-unsaturated/α-hetero) is 1. The van der Waals surface area contributed by atoms with Crippen molar-refractivity contribution in [1.82, 2.24) is 4.57 Å². The maximum Gasteiger partial charge on any atom is 0.285 e. The molecule has 0 aliphatic heterocycles. The molecule has 0 saturated heterocycles. The Morgan fingerprint density at radius 1 is 1.22 bits per heavy atom. The smallest absolute Gasteiger partial charge is 0.285 e. The molecule has 1 heterocycles. The summed E-state index contributed by atoms with van der Waals surface area (Å²) in [5, 5.41) is 10.8. The summed E-state index contributed by atoms with van der Waals surface area (Å²) in [6, 6.07) is 9.48. The van der Waals surface area contributed by atoms with Crippen LogP contribution in [0.4, 0.5) is 5.69 Å². The molecule has 1 atom stereocenters. The summed E-state index contributed by atoms with van der Waals surface area (Å²) in [6.07, 6.45) is 2.10. The Morgan fingerprint density at radius 3 is 2.43 bits per heavy atom. The quantitative estimate of drug-likeness (QED) is 0.466. The van der Waals surface area contributed by atoms with Gasteiger partial charge in [-0.2, -0.15) is 0 Å². The molecular weight excluding hydrogens is 296 g/mol. The zero-order valence-corrected chi connectivity index (χ0v) is 13.1. The van der Waals surface area contributed by atoms with Gasteiger partial charge in [0.05, 0.1) is 17.7 Å². The first-order valence-corrected chi connectivity index (χ1v) is 7.40. The van der Waals surface area contributed by atoms with Crippen molar-refractivity contribution >= 4 is 11.5 Å². The van der Waals surface area contributed by atoms with E-state index in [1.54, 1.807) is 12.1 Å². The molecule has 120 valence electrons. The average molecular weight is 314 g/mol. The molecule has 0 saturated carbocycles. The Balaban J connectivity index is 2.20. The predicted octanol–water partition coefficient (Wildman–Crippen LogP) is 3.15. The molecule has 1 aromatic carbocycles. The Hall–Kier alpha value is -2.76. The first-order valence-electron chi connectivity index (χ1n) is 7.40. The maximum atomic E-state index is 12.3. The summed E-state index contributed by atoms with van der Waals surface area (Å²) in [7, 11) is 0. The van der Waals surface area contributed by atoms with E-state index in [1.807, 2.05) is 12.1 Å². The van der Waals surface area contributed by atoms with E-state index >= 15 is 0 Å². The van der Waals surface area contributed by atoms with Crippen LogP contribution in [0.2, 0.25) is 0 Å². The zero-order valence-electron chi connectivity index (χ0n) is 13.1. The third-order valence-corrected chi connectivity index (χ3v) is 3.91. The molecular formula is C17H18N2O4. The van der Waals surface area contributed by atoms with Gasteiger partial charge in [-0.1, -0.05) is 38.1 Å². The van der Waals surface area contributed by atoms with Crippen LogP contribution in [0, 0.1) is 10.1 Å². The second-order valence-corrected chi connectivity index (χ2v) is 5.47.